The summed E-state index contributed by atoms with van der Waals surface area (Å²) >= 11 is 0. The summed E-state index contributed by atoms with van der Waals surface area (Å²) in [5.41, 5.74) is 1.98. The molecule has 0 amide bonds. The van der Waals surface area contributed by atoms with Gasteiger partial charge in [0, 0.05) is 38.4 Å². The molecule has 1 aromatic heterocycles. The molecule has 0 atom stereocenters. The summed E-state index contributed by atoms with van der Waals surface area (Å²) in [7, 11) is 3.57. The van der Waals surface area contributed by atoms with Crippen LogP contribution in [0.25, 0.3) is 11.5 Å². The number of anilines is 1. The van der Waals surface area contributed by atoms with E-state index in [0.29, 0.717) is 12.5 Å². The molecule has 0 saturated heterocycles. The number of hydrogen-bond acceptors (Lipinski definition) is 5. The molecule has 96 valence electrons. The smallest absolute Gasteiger partial charge is 0.257 e. The number of nitrogens with zero attached hydrogens (tertiary/aromatic N) is 2. The van der Waals surface area contributed by atoms with Gasteiger partial charge < -0.3 is 14.6 Å². The van der Waals surface area contributed by atoms with E-state index in [1.807, 2.05) is 31.3 Å². The largest absolute Gasteiger partial charge is 0.388 e. The molecule has 2 rings (SSSR count). The Morgan fingerprint density at radius 3 is 2.72 bits per heavy atom. The van der Waals surface area contributed by atoms with Crippen molar-refractivity contribution >= 4 is 5.69 Å². The van der Waals surface area contributed by atoms with Gasteiger partial charge in [-0.15, -0.1) is 0 Å². The van der Waals surface area contributed by atoms with Gasteiger partial charge in [-0.25, -0.2) is 0 Å². The quantitative estimate of drug-likeness (QED) is 0.794. The molecule has 0 saturated carbocycles. The fourth-order valence-electron chi connectivity index (χ4n) is 1.63. The maximum absolute atomic E-state index is 5.23. The minimum absolute atomic E-state index is 0.560. The van der Waals surface area contributed by atoms with E-state index in [9.17, 15) is 0 Å². The molecule has 5 heteroatoms. The van der Waals surface area contributed by atoms with Crippen molar-refractivity contribution in [3.05, 3.63) is 30.1 Å². The van der Waals surface area contributed by atoms with Gasteiger partial charge in [-0.2, -0.15) is 4.98 Å². The number of nitrogens with one attached hydrogen (secondary N) is 1. The number of methoxy groups -OCH3 is 1. The second-order valence-electron chi connectivity index (χ2n) is 3.94. The fraction of sp³-hybridized carbons (Fsp3) is 0.385. The molecular formula is C13H17N3O2. The normalized spacial score (nSPS) is 10.6. The first kappa shape index (κ1) is 12.6. The van der Waals surface area contributed by atoms with Crippen molar-refractivity contribution in [3.63, 3.8) is 0 Å². The van der Waals surface area contributed by atoms with Gasteiger partial charge in [0.05, 0.1) is 0 Å². The van der Waals surface area contributed by atoms with Crippen molar-refractivity contribution in [1.29, 1.82) is 0 Å². The molecule has 0 unspecified atom stereocenters. The van der Waals surface area contributed by atoms with Crippen molar-refractivity contribution in [2.75, 3.05) is 26.1 Å². The third kappa shape index (κ3) is 3.07. The molecule has 0 radical (unpaired) electrons. The third-order valence-corrected chi connectivity index (χ3v) is 2.64. The van der Waals surface area contributed by atoms with Crippen LogP contribution in [0.3, 0.4) is 0 Å². The van der Waals surface area contributed by atoms with Crippen molar-refractivity contribution < 1.29 is 9.26 Å². The maximum Gasteiger partial charge on any atom is 0.257 e. The lowest BCUT2D eigenvalue weighted by atomic mass is 10.2. The van der Waals surface area contributed by atoms with Crippen LogP contribution in [0.15, 0.2) is 28.8 Å². The standard InChI is InChI=1S/C13H17N3O2/c1-14-11-7-5-10(6-8-11)13-15-12(16-18-13)4-3-9-17-2/h5-8,14H,3-4,9H2,1-2H3. The Labute approximate surface area is 106 Å². The van der Waals surface area contributed by atoms with E-state index in [-0.39, 0.29) is 0 Å². The third-order valence-electron chi connectivity index (χ3n) is 2.64. The zero-order valence-electron chi connectivity index (χ0n) is 10.6. The van der Waals surface area contributed by atoms with Crippen LogP contribution in [0.5, 0.6) is 0 Å². The van der Waals surface area contributed by atoms with E-state index < -0.39 is 0 Å². The summed E-state index contributed by atoms with van der Waals surface area (Å²) in [5.74, 6) is 1.28. The van der Waals surface area contributed by atoms with Crippen LogP contribution in [0.4, 0.5) is 5.69 Å². The van der Waals surface area contributed by atoms with Crippen molar-refractivity contribution in [3.8, 4) is 11.5 Å². The van der Waals surface area contributed by atoms with Gasteiger partial charge in [0.15, 0.2) is 5.82 Å². The Morgan fingerprint density at radius 2 is 2.06 bits per heavy atom. The van der Waals surface area contributed by atoms with E-state index in [2.05, 4.69) is 15.5 Å². The van der Waals surface area contributed by atoms with Gasteiger partial charge in [0.25, 0.3) is 5.89 Å². The molecule has 0 bridgehead atoms. The fourth-order valence-corrected chi connectivity index (χ4v) is 1.63. The monoisotopic (exact) mass is 247 g/mol. The molecule has 2 aromatic rings. The molecule has 18 heavy (non-hydrogen) atoms. The number of rotatable bonds is 6. The van der Waals surface area contributed by atoms with Gasteiger partial charge in [-0.05, 0) is 30.7 Å². The van der Waals surface area contributed by atoms with Gasteiger partial charge in [-0.3, -0.25) is 0 Å². The molecule has 1 aromatic carbocycles. The topological polar surface area (TPSA) is 60.2 Å². The number of aryl methyl sites for hydroxylation is 1. The highest BCUT2D eigenvalue weighted by molar-refractivity contribution is 5.58. The second kappa shape index (κ2) is 6.16. The van der Waals surface area contributed by atoms with Crippen LogP contribution in [0.1, 0.15) is 12.2 Å². The summed E-state index contributed by atoms with van der Waals surface area (Å²) in [6.45, 7) is 0.709. The first-order valence-corrected chi connectivity index (χ1v) is 5.93. The highest BCUT2D eigenvalue weighted by Crippen LogP contribution is 2.19. The maximum atomic E-state index is 5.23. The van der Waals surface area contributed by atoms with Crippen molar-refractivity contribution in [2.45, 2.75) is 12.8 Å². The Morgan fingerprint density at radius 1 is 1.28 bits per heavy atom. The predicted octanol–water partition coefficient (Wildman–Crippen LogP) is 2.36. The lowest BCUT2D eigenvalue weighted by Gasteiger charge is -1.99. The highest BCUT2D eigenvalue weighted by Gasteiger charge is 2.08. The van der Waals surface area contributed by atoms with Crippen LogP contribution in [-0.2, 0) is 11.2 Å². The zero-order chi connectivity index (χ0) is 12.8. The van der Waals surface area contributed by atoms with E-state index in [4.69, 9.17) is 9.26 Å². The number of aromatic nitrogens is 2. The lowest BCUT2D eigenvalue weighted by Crippen LogP contribution is -1.94. The van der Waals surface area contributed by atoms with Crippen LogP contribution in [-0.4, -0.2) is 30.9 Å². The SMILES string of the molecule is CNc1ccc(-c2nc(CCCOC)no2)cc1. The summed E-state index contributed by atoms with van der Waals surface area (Å²) < 4.78 is 10.2. The average Bonchev–Trinajstić information content (AvgIpc) is 2.88. The molecule has 0 aliphatic carbocycles. The van der Waals surface area contributed by atoms with Crippen LogP contribution in [0, 0.1) is 0 Å². The summed E-state index contributed by atoms with van der Waals surface area (Å²) in [6.07, 6.45) is 1.67. The molecule has 0 spiro atoms. The highest BCUT2D eigenvalue weighted by atomic mass is 16.5. The van der Waals surface area contributed by atoms with Gasteiger partial charge in [0.1, 0.15) is 0 Å². The Kier molecular flexibility index (Phi) is 4.30. The molecule has 0 aliphatic rings. The Bertz CT molecular complexity index is 479. The van der Waals surface area contributed by atoms with Crippen molar-refractivity contribution in [2.24, 2.45) is 0 Å². The molecule has 1 N–H and O–H groups in total. The number of benzene rings is 1. The molecule has 5 nitrogen and oxygen atoms in total. The molecule has 1 heterocycles. The Balaban J connectivity index is 2.04. The summed E-state index contributed by atoms with van der Waals surface area (Å²) in [6, 6.07) is 7.87. The van der Waals surface area contributed by atoms with Crippen LogP contribution < -0.4 is 5.32 Å². The Hall–Kier alpha value is -1.88. The zero-order valence-corrected chi connectivity index (χ0v) is 10.6. The van der Waals surface area contributed by atoms with Gasteiger partial charge in [-0.1, -0.05) is 5.16 Å². The van der Waals surface area contributed by atoms with Gasteiger partial charge in [0.2, 0.25) is 0 Å². The average molecular weight is 247 g/mol. The number of ether oxygens (including phenoxy) is 1. The molecule has 0 fully saturated rings. The number of hydrogen-bond donors (Lipinski definition) is 1. The van der Waals surface area contributed by atoms with E-state index in [0.717, 1.165) is 29.9 Å². The first-order chi connectivity index (χ1) is 8.83. The van der Waals surface area contributed by atoms with Crippen molar-refractivity contribution in [1.82, 2.24) is 10.1 Å². The first-order valence-electron chi connectivity index (χ1n) is 5.93. The minimum atomic E-state index is 0.560. The summed E-state index contributed by atoms with van der Waals surface area (Å²) in [4.78, 5) is 4.35. The van der Waals surface area contributed by atoms with E-state index in [1.165, 1.54) is 0 Å². The minimum Gasteiger partial charge on any atom is -0.388 e. The second-order valence-corrected chi connectivity index (χ2v) is 3.94. The van der Waals surface area contributed by atoms with E-state index >= 15 is 0 Å². The predicted molar refractivity (Wildman–Crippen MR) is 69.5 cm³/mol. The van der Waals surface area contributed by atoms with Crippen LogP contribution in [0.2, 0.25) is 0 Å². The summed E-state index contributed by atoms with van der Waals surface area (Å²) in [5, 5.41) is 7.01. The lowest BCUT2D eigenvalue weighted by molar-refractivity contribution is 0.194. The molecular weight excluding hydrogens is 230 g/mol. The van der Waals surface area contributed by atoms with E-state index in [1.54, 1.807) is 7.11 Å². The molecule has 0 aliphatic heterocycles. The van der Waals surface area contributed by atoms with Gasteiger partial charge >= 0.3 is 0 Å². The van der Waals surface area contributed by atoms with Crippen LogP contribution >= 0.6 is 0 Å².